The van der Waals surface area contributed by atoms with E-state index in [4.69, 9.17) is 11.6 Å². The van der Waals surface area contributed by atoms with Crippen LogP contribution in [0.5, 0.6) is 0 Å². The average molecular weight is 355 g/mol. The van der Waals surface area contributed by atoms with Crippen LogP contribution >= 0.6 is 27.5 Å². The Morgan fingerprint density at radius 3 is 2.70 bits per heavy atom. The fourth-order valence-corrected chi connectivity index (χ4v) is 2.76. The Bertz CT molecular complexity index is 588. The van der Waals surface area contributed by atoms with Gasteiger partial charge >= 0.3 is 0 Å². The van der Waals surface area contributed by atoms with Crippen LogP contribution in [0.25, 0.3) is 0 Å². The maximum Gasteiger partial charge on any atom is 0.0976 e. The van der Waals surface area contributed by atoms with Gasteiger partial charge in [0.1, 0.15) is 0 Å². The second-order valence-electron chi connectivity index (χ2n) is 4.57. The number of anilines is 1. The zero-order valence-electron chi connectivity index (χ0n) is 11.2. The summed E-state index contributed by atoms with van der Waals surface area (Å²) in [6.07, 6.45) is 0.307. The highest BCUT2D eigenvalue weighted by Crippen LogP contribution is 2.25. The monoisotopic (exact) mass is 353 g/mol. The standard InChI is InChI=1S/C16H17BrClNO/c1-2-11-9-12(17)7-8-15(11)19-10-16(20)13-5-3-4-6-14(13)18/h3-9,16,19-20H,2,10H2,1H3. The molecule has 2 aromatic carbocycles. The molecule has 4 heteroatoms. The van der Waals surface area contributed by atoms with E-state index in [1.54, 1.807) is 6.07 Å². The molecule has 0 spiro atoms. The normalized spacial score (nSPS) is 12.2. The van der Waals surface area contributed by atoms with E-state index in [2.05, 4.69) is 34.2 Å². The Morgan fingerprint density at radius 1 is 1.25 bits per heavy atom. The summed E-state index contributed by atoms with van der Waals surface area (Å²) in [4.78, 5) is 0. The molecular formula is C16H17BrClNO. The molecule has 2 N–H and O–H groups in total. The average Bonchev–Trinajstić information content (AvgIpc) is 2.46. The van der Waals surface area contributed by atoms with E-state index in [1.165, 1.54) is 5.56 Å². The van der Waals surface area contributed by atoms with Gasteiger partial charge < -0.3 is 10.4 Å². The van der Waals surface area contributed by atoms with Gasteiger partial charge in [-0.05, 0) is 36.2 Å². The fraction of sp³-hybridized carbons (Fsp3) is 0.250. The van der Waals surface area contributed by atoms with Gasteiger partial charge in [-0.15, -0.1) is 0 Å². The lowest BCUT2D eigenvalue weighted by Gasteiger charge is -2.16. The summed E-state index contributed by atoms with van der Waals surface area (Å²) in [5.41, 5.74) is 3.00. The highest BCUT2D eigenvalue weighted by Gasteiger charge is 2.11. The van der Waals surface area contributed by atoms with E-state index in [-0.39, 0.29) is 0 Å². The third-order valence-corrected chi connectivity index (χ3v) is 4.04. The molecule has 1 unspecified atom stereocenters. The number of nitrogens with one attached hydrogen (secondary N) is 1. The molecule has 0 amide bonds. The fourth-order valence-electron chi connectivity index (χ4n) is 2.09. The van der Waals surface area contributed by atoms with Crippen LogP contribution in [0.15, 0.2) is 46.9 Å². The van der Waals surface area contributed by atoms with Crippen molar-refractivity contribution in [2.75, 3.05) is 11.9 Å². The van der Waals surface area contributed by atoms with Crippen molar-refractivity contribution >= 4 is 33.2 Å². The Morgan fingerprint density at radius 2 is 2.00 bits per heavy atom. The maximum atomic E-state index is 10.2. The van der Waals surface area contributed by atoms with Gasteiger partial charge in [-0.1, -0.05) is 52.7 Å². The Hall–Kier alpha value is -1.03. The van der Waals surface area contributed by atoms with E-state index in [0.717, 1.165) is 22.1 Å². The van der Waals surface area contributed by atoms with Gasteiger partial charge in [0.2, 0.25) is 0 Å². The third kappa shape index (κ3) is 3.75. The first-order valence-electron chi connectivity index (χ1n) is 6.56. The lowest BCUT2D eigenvalue weighted by molar-refractivity contribution is 0.191. The molecule has 0 radical (unpaired) electrons. The molecule has 0 aliphatic carbocycles. The third-order valence-electron chi connectivity index (χ3n) is 3.20. The Kier molecular flexibility index (Phi) is 5.46. The summed E-state index contributed by atoms with van der Waals surface area (Å²) < 4.78 is 1.06. The van der Waals surface area contributed by atoms with Gasteiger partial charge in [-0.3, -0.25) is 0 Å². The van der Waals surface area contributed by atoms with Gasteiger partial charge in [-0.2, -0.15) is 0 Å². The zero-order valence-corrected chi connectivity index (χ0v) is 13.6. The molecule has 0 fully saturated rings. The summed E-state index contributed by atoms with van der Waals surface area (Å²) in [7, 11) is 0. The molecule has 106 valence electrons. The number of rotatable bonds is 5. The molecule has 2 rings (SSSR count). The van der Waals surface area contributed by atoms with Gasteiger partial charge in [0.15, 0.2) is 0 Å². The molecule has 0 aliphatic rings. The summed E-state index contributed by atoms with van der Waals surface area (Å²) >= 11 is 9.55. The predicted molar refractivity (Wildman–Crippen MR) is 88.4 cm³/mol. The topological polar surface area (TPSA) is 32.3 Å². The van der Waals surface area contributed by atoms with Gasteiger partial charge in [-0.25, -0.2) is 0 Å². The van der Waals surface area contributed by atoms with Crippen molar-refractivity contribution in [2.24, 2.45) is 0 Å². The molecule has 2 nitrogen and oxygen atoms in total. The number of halogens is 2. The Balaban J connectivity index is 2.07. The van der Waals surface area contributed by atoms with Crippen molar-refractivity contribution in [3.8, 4) is 0 Å². The van der Waals surface area contributed by atoms with Crippen molar-refractivity contribution < 1.29 is 5.11 Å². The molecule has 0 saturated heterocycles. The Labute approximate surface area is 132 Å². The molecule has 20 heavy (non-hydrogen) atoms. The van der Waals surface area contributed by atoms with Crippen molar-refractivity contribution in [2.45, 2.75) is 19.4 Å². The van der Waals surface area contributed by atoms with E-state index < -0.39 is 6.10 Å². The van der Waals surface area contributed by atoms with Crippen LogP contribution in [0.4, 0.5) is 5.69 Å². The highest BCUT2D eigenvalue weighted by atomic mass is 79.9. The van der Waals surface area contributed by atoms with E-state index in [9.17, 15) is 5.11 Å². The quantitative estimate of drug-likeness (QED) is 0.807. The molecular weight excluding hydrogens is 338 g/mol. The van der Waals surface area contributed by atoms with Crippen LogP contribution in [-0.2, 0) is 6.42 Å². The number of aliphatic hydroxyl groups excluding tert-OH is 1. The van der Waals surface area contributed by atoms with Crippen LogP contribution < -0.4 is 5.32 Å². The number of hydrogen-bond acceptors (Lipinski definition) is 2. The first-order chi connectivity index (χ1) is 9.61. The van der Waals surface area contributed by atoms with E-state index in [1.807, 2.05) is 30.3 Å². The maximum absolute atomic E-state index is 10.2. The van der Waals surface area contributed by atoms with Crippen molar-refractivity contribution in [3.63, 3.8) is 0 Å². The minimum atomic E-state index is -0.628. The van der Waals surface area contributed by atoms with Crippen molar-refractivity contribution in [3.05, 3.63) is 63.1 Å². The molecule has 1 atom stereocenters. The second kappa shape index (κ2) is 7.11. The largest absolute Gasteiger partial charge is 0.387 e. The SMILES string of the molecule is CCc1cc(Br)ccc1NCC(O)c1ccccc1Cl. The molecule has 0 saturated carbocycles. The molecule has 0 aromatic heterocycles. The number of benzene rings is 2. The summed E-state index contributed by atoms with van der Waals surface area (Å²) in [5.74, 6) is 0. The lowest BCUT2D eigenvalue weighted by atomic mass is 10.1. The summed E-state index contributed by atoms with van der Waals surface area (Å²) in [6, 6.07) is 13.5. The van der Waals surface area contributed by atoms with Crippen molar-refractivity contribution in [1.82, 2.24) is 0 Å². The molecule has 0 heterocycles. The summed E-state index contributed by atoms with van der Waals surface area (Å²) in [5, 5.41) is 14.1. The number of hydrogen-bond donors (Lipinski definition) is 2. The minimum absolute atomic E-state index is 0.429. The predicted octanol–water partition coefficient (Wildman–Crippen LogP) is 4.81. The van der Waals surface area contributed by atoms with Crippen LogP contribution in [0, 0.1) is 0 Å². The molecule has 0 aliphatic heterocycles. The number of aliphatic hydroxyl groups is 1. The number of aryl methyl sites for hydroxylation is 1. The van der Waals surface area contributed by atoms with Gasteiger partial charge in [0.25, 0.3) is 0 Å². The minimum Gasteiger partial charge on any atom is -0.387 e. The van der Waals surface area contributed by atoms with Gasteiger partial charge in [0, 0.05) is 27.3 Å². The molecule has 0 bridgehead atoms. The first-order valence-corrected chi connectivity index (χ1v) is 7.73. The lowest BCUT2D eigenvalue weighted by Crippen LogP contribution is -2.13. The highest BCUT2D eigenvalue weighted by molar-refractivity contribution is 9.10. The van der Waals surface area contributed by atoms with E-state index >= 15 is 0 Å². The zero-order chi connectivity index (χ0) is 14.5. The van der Waals surface area contributed by atoms with Crippen LogP contribution in [-0.4, -0.2) is 11.7 Å². The molecule has 2 aromatic rings. The van der Waals surface area contributed by atoms with Crippen molar-refractivity contribution in [1.29, 1.82) is 0 Å². The summed E-state index contributed by atoms with van der Waals surface area (Å²) in [6.45, 7) is 2.54. The first kappa shape index (κ1) is 15.4. The van der Waals surface area contributed by atoms with Gasteiger partial charge in [0.05, 0.1) is 6.10 Å². The van der Waals surface area contributed by atoms with Crippen LogP contribution in [0.1, 0.15) is 24.2 Å². The van der Waals surface area contributed by atoms with E-state index in [0.29, 0.717) is 11.6 Å². The van der Waals surface area contributed by atoms with Crippen LogP contribution in [0.3, 0.4) is 0 Å². The smallest absolute Gasteiger partial charge is 0.0976 e. The second-order valence-corrected chi connectivity index (χ2v) is 5.90. The van der Waals surface area contributed by atoms with Crippen LogP contribution in [0.2, 0.25) is 5.02 Å².